The van der Waals surface area contributed by atoms with Crippen LogP contribution in [-0.4, -0.2) is 36.8 Å². The highest BCUT2D eigenvalue weighted by atomic mass is 16.4. The van der Waals surface area contributed by atoms with E-state index in [0.29, 0.717) is 11.5 Å². The van der Waals surface area contributed by atoms with Gasteiger partial charge >= 0.3 is 5.97 Å². The minimum atomic E-state index is -0.993. The number of aromatic nitrogens is 4. The standard InChI is InChI=1S/C18H21N5O3/c1-18(2,3)13-10-14-20-17(22-23(14)21-13)11-4-6-12(7-5-11)19-15(24)8-9-16(25)26/h4-7,10H,8-9H2,1-3H3,(H,19,24)(H,20,22)(H,25,26). The maximum atomic E-state index is 11.7. The lowest BCUT2D eigenvalue weighted by Gasteiger charge is -2.13. The third-order valence-corrected chi connectivity index (χ3v) is 3.91. The molecular weight excluding hydrogens is 334 g/mol. The van der Waals surface area contributed by atoms with Gasteiger partial charge in [-0.25, -0.2) is 0 Å². The van der Waals surface area contributed by atoms with Crippen LogP contribution in [0.15, 0.2) is 30.3 Å². The quantitative estimate of drug-likeness (QED) is 0.651. The van der Waals surface area contributed by atoms with Crippen LogP contribution < -0.4 is 5.32 Å². The van der Waals surface area contributed by atoms with Gasteiger partial charge in [-0.05, 0) is 24.3 Å². The third kappa shape index (κ3) is 3.90. The average Bonchev–Trinajstić information content (AvgIpc) is 3.12. The van der Waals surface area contributed by atoms with E-state index in [2.05, 4.69) is 41.3 Å². The number of carboxylic acid groups (broad SMARTS) is 1. The Labute approximate surface area is 150 Å². The Kier molecular flexibility index (Phi) is 4.50. The number of carbonyl (C=O) groups is 2. The van der Waals surface area contributed by atoms with E-state index in [9.17, 15) is 9.59 Å². The molecule has 2 heterocycles. The number of amides is 1. The molecule has 0 saturated heterocycles. The summed E-state index contributed by atoms with van der Waals surface area (Å²) in [5, 5.41) is 20.2. The fourth-order valence-corrected chi connectivity index (χ4v) is 2.43. The van der Waals surface area contributed by atoms with Gasteiger partial charge in [0.2, 0.25) is 5.91 Å². The number of fused-ring (bicyclic) bond motifs is 1. The molecule has 0 fully saturated rings. The van der Waals surface area contributed by atoms with Crippen molar-refractivity contribution in [3.63, 3.8) is 0 Å². The molecule has 3 N–H and O–H groups in total. The molecule has 0 aliphatic carbocycles. The first-order valence-electron chi connectivity index (χ1n) is 8.31. The molecule has 136 valence electrons. The lowest BCUT2D eigenvalue weighted by Crippen LogP contribution is -2.13. The van der Waals surface area contributed by atoms with Gasteiger partial charge in [0.05, 0.1) is 12.1 Å². The third-order valence-electron chi connectivity index (χ3n) is 3.91. The minimum Gasteiger partial charge on any atom is -0.481 e. The smallest absolute Gasteiger partial charge is 0.303 e. The predicted molar refractivity (Wildman–Crippen MR) is 97.0 cm³/mol. The van der Waals surface area contributed by atoms with E-state index in [0.717, 1.165) is 16.9 Å². The van der Waals surface area contributed by atoms with Crippen molar-refractivity contribution in [3.8, 4) is 11.4 Å². The number of nitrogens with one attached hydrogen (secondary N) is 2. The van der Waals surface area contributed by atoms with Crippen LogP contribution in [-0.2, 0) is 15.0 Å². The summed E-state index contributed by atoms with van der Waals surface area (Å²) in [6.45, 7) is 6.29. The number of H-pyrrole nitrogens is 1. The largest absolute Gasteiger partial charge is 0.481 e. The second kappa shape index (κ2) is 6.62. The lowest BCUT2D eigenvalue weighted by atomic mass is 9.93. The number of anilines is 1. The SMILES string of the molecule is CC(C)(C)c1cc2[nH]c(-c3ccc(NC(=O)CCC(=O)O)cc3)nn2n1. The van der Waals surface area contributed by atoms with Crippen molar-refractivity contribution in [2.45, 2.75) is 39.0 Å². The maximum Gasteiger partial charge on any atom is 0.303 e. The Morgan fingerprint density at radius 1 is 1.15 bits per heavy atom. The van der Waals surface area contributed by atoms with Crippen molar-refractivity contribution in [2.24, 2.45) is 0 Å². The molecule has 2 aromatic heterocycles. The van der Waals surface area contributed by atoms with Crippen LogP contribution >= 0.6 is 0 Å². The predicted octanol–water partition coefficient (Wildman–Crippen LogP) is 2.83. The summed E-state index contributed by atoms with van der Waals surface area (Å²) >= 11 is 0. The summed E-state index contributed by atoms with van der Waals surface area (Å²) in [5.74, 6) is -0.643. The zero-order valence-corrected chi connectivity index (χ0v) is 14.9. The van der Waals surface area contributed by atoms with Gasteiger partial charge in [0, 0.05) is 29.2 Å². The number of rotatable bonds is 5. The lowest BCUT2D eigenvalue weighted by molar-refractivity contribution is -0.138. The van der Waals surface area contributed by atoms with E-state index in [4.69, 9.17) is 5.11 Å². The number of nitrogens with zero attached hydrogens (tertiary/aromatic N) is 3. The van der Waals surface area contributed by atoms with Crippen molar-refractivity contribution in [1.82, 2.24) is 19.8 Å². The molecule has 0 unspecified atom stereocenters. The van der Waals surface area contributed by atoms with E-state index < -0.39 is 5.97 Å². The number of hydrogen-bond donors (Lipinski definition) is 3. The molecule has 3 aromatic rings. The first-order valence-corrected chi connectivity index (χ1v) is 8.31. The van der Waals surface area contributed by atoms with Gasteiger partial charge in [-0.3, -0.25) is 9.59 Å². The van der Waals surface area contributed by atoms with Crippen molar-refractivity contribution >= 4 is 23.2 Å². The molecule has 0 aliphatic heterocycles. The number of aliphatic carboxylic acids is 1. The van der Waals surface area contributed by atoms with Crippen LogP contribution in [0.2, 0.25) is 0 Å². The molecule has 0 saturated carbocycles. The Bertz CT molecular complexity index is 916. The topological polar surface area (TPSA) is 112 Å². The van der Waals surface area contributed by atoms with E-state index in [1.165, 1.54) is 0 Å². The van der Waals surface area contributed by atoms with Gasteiger partial charge in [-0.15, -0.1) is 9.73 Å². The highest BCUT2D eigenvalue weighted by Gasteiger charge is 2.19. The molecule has 0 spiro atoms. The fourth-order valence-electron chi connectivity index (χ4n) is 2.43. The van der Waals surface area contributed by atoms with E-state index in [1.54, 1.807) is 16.8 Å². The van der Waals surface area contributed by atoms with Crippen LogP contribution in [0, 0.1) is 0 Å². The van der Waals surface area contributed by atoms with Gasteiger partial charge in [0.1, 0.15) is 0 Å². The van der Waals surface area contributed by atoms with E-state index >= 15 is 0 Å². The minimum absolute atomic E-state index is 0.0464. The highest BCUT2D eigenvalue weighted by molar-refractivity contribution is 5.92. The first kappa shape index (κ1) is 17.7. The normalized spacial score (nSPS) is 11.7. The molecule has 0 atom stereocenters. The number of carbonyl (C=O) groups excluding carboxylic acids is 1. The Balaban J connectivity index is 1.72. The Hall–Kier alpha value is -3.16. The van der Waals surface area contributed by atoms with Crippen molar-refractivity contribution in [1.29, 1.82) is 0 Å². The molecule has 0 aliphatic rings. The zero-order valence-electron chi connectivity index (χ0n) is 14.9. The average molecular weight is 355 g/mol. The van der Waals surface area contributed by atoms with Crippen molar-refractivity contribution in [3.05, 3.63) is 36.0 Å². The molecule has 8 nitrogen and oxygen atoms in total. The maximum absolute atomic E-state index is 11.7. The van der Waals surface area contributed by atoms with Gasteiger partial charge < -0.3 is 15.4 Å². The molecule has 0 bridgehead atoms. The van der Waals surface area contributed by atoms with Crippen molar-refractivity contribution in [2.75, 3.05) is 5.32 Å². The molecule has 1 amide bonds. The number of carboxylic acids is 1. The molecule has 26 heavy (non-hydrogen) atoms. The zero-order chi connectivity index (χ0) is 18.9. The summed E-state index contributed by atoms with van der Waals surface area (Å²) in [7, 11) is 0. The summed E-state index contributed by atoms with van der Waals surface area (Å²) in [4.78, 5) is 25.4. The Morgan fingerprint density at radius 3 is 2.42 bits per heavy atom. The van der Waals surface area contributed by atoms with Crippen LogP contribution in [0.3, 0.4) is 0 Å². The van der Waals surface area contributed by atoms with Crippen LogP contribution in [0.4, 0.5) is 5.69 Å². The summed E-state index contributed by atoms with van der Waals surface area (Å²) in [6.07, 6.45) is -0.241. The second-order valence-corrected chi connectivity index (χ2v) is 7.15. The molecular formula is C18H21N5O3. The summed E-state index contributed by atoms with van der Waals surface area (Å²) in [6, 6.07) is 9.14. The second-order valence-electron chi connectivity index (χ2n) is 7.15. The van der Waals surface area contributed by atoms with E-state index in [-0.39, 0.29) is 24.2 Å². The number of aromatic amines is 1. The summed E-state index contributed by atoms with van der Waals surface area (Å²) < 4.78 is 1.58. The first-order chi connectivity index (χ1) is 12.2. The number of benzene rings is 1. The van der Waals surface area contributed by atoms with Gasteiger partial charge in [-0.1, -0.05) is 20.8 Å². The van der Waals surface area contributed by atoms with E-state index in [1.807, 2.05) is 18.2 Å². The van der Waals surface area contributed by atoms with Gasteiger partial charge in [0.25, 0.3) is 0 Å². The fraction of sp³-hybridized carbons (Fsp3) is 0.333. The van der Waals surface area contributed by atoms with Crippen LogP contribution in [0.5, 0.6) is 0 Å². The van der Waals surface area contributed by atoms with Gasteiger partial charge in [-0.2, -0.15) is 5.10 Å². The molecule has 0 radical (unpaired) electrons. The number of hydrogen-bond acceptors (Lipinski definition) is 4. The van der Waals surface area contributed by atoms with Crippen LogP contribution in [0.25, 0.3) is 17.0 Å². The molecule has 8 heteroatoms. The Morgan fingerprint density at radius 2 is 1.85 bits per heavy atom. The monoisotopic (exact) mass is 355 g/mol. The van der Waals surface area contributed by atoms with Crippen molar-refractivity contribution < 1.29 is 14.7 Å². The summed E-state index contributed by atoms with van der Waals surface area (Å²) in [5.41, 5.74) is 3.19. The molecule has 3 rings (SSSR count). The van der Waals surface area contributed by atoms with Crippen LogP contribution in [0.1, 0.15) is 39.3 Å². The molecule has 1 aromatic carbocycles. The highest BCUT2D eigenvalue weighted by Crippen LogP contribution is 2.24. The van der Waals surface area contributed by atoms with Gasteiger partial charge in [0.15, 0.2) is 11.5 Å².